The van der Waals surface area contributed by atoms with Gasteiger partial charge < -0.3 is 20.3 Å². The van der Waals surface area contributed by atoms with Crippen molar-refractivity contribution < 1.29 is 9.53 Å². The predicted molar refractivity (Wildman–Crippen MR) is 141 cm³/mol. The minimum absolute atomic E-state index is 0.0882. The van der Waals surface area contributed by atoms with Gasteiger partial charge in [-0.2, -0.15) is 0 Å². The quantitative estimate of drug-likeness (QED) is 0.479. The summed E-state index contributed by atoms with van der Waals surface area (Å²) in [4.78, 5) is 17.4. The fourth-order valence-corrected chi connectivity index (χ4v) is 4.47. The third-order valence-corrected chi connectivity index (χ3v) is 6.30. The van der Waals surface area contributed by atoms with Crippen molar-refractivity contribution in [2.45, 2.75) is 65.6 Å². The molecule has 2 atom stereocenters. The van der Waals surface area contributed by atoms with E-state index in [1.165, 1.54) is 5.57 Å². The highest BCUT2D eigenvalue weighted by atomic mass is 16.5. The first kappa shape index (κ1) is 25.8. The summed E-state index contributed by atoms with van der Waals surface area (Å²) >= 11 is 0. The van der Waals surface area contributed by atoms with Gasteiger partial charge in [0.05, 0.1) is 6.04 Å². The maximum Gasteiger partial charge on any atom is 0.239 e. The van der Waals surface area contributed by atoms with E-state index >= 15 is 0 Å². The Hall–Kier alpha value is -2.79. The summed E-state index contributed by atoms with van der Waals surface area (Å²) in [6.45, 7) is 11.4. The van der Waals surface area contributed by atoms with E-state index in [4.69, 9.17) is 10.5 Å². The molecule has 1 fully saturated rings. The molecule has 0 spiro atoms. The molecule has 1 aliphatic rings. The molecule has 2 N–H and O–H groups in total. The van der Waals surface area contributed by atoms with Crippen molar-refractivity contribution in [3.8, 4) is 5.75 Å². The molecule has 0 saturated carbocycles. The van der Waals surface area contributed by atoms with E-state index in [0.717, 1.165) is 49.4 Å². The Kier molecular flexibility index (Phi) is 9.58. The van der Waals surface area contributed by atoms with Crippen LogP contribution < -0.4 is 15.4 Å². The molecule has 1 heterocycles. The molecule has 0 radical (unpaired) electrons. The van der Waals surface area contributed by atoms with Gasteiger partial charge in [-0.1, -0.05) is 55.8 Å². The van der Waals surface area contributed by atoms with Crippen LogP contribution in [0.1, 0.15) is 52.5 Å². The van der Waals surface area contributed by atoms with Gasteiger partial charge in [0, 0.05) is 31.4 Å². The van der Waals surface area contributed by atoms with Crippen LogP contribution in [-0.2, 0) is 11.4 Å². The number of amides is 1. The van der Waals surface area contributed by atoms with Crippen LogP contribution in [0.4, 0.5) is 5.69 Å². The minimum Gasteiger partial charge on any atom is -0.489 e. The van der Waals surface area contributed by atoms with Gasteiger partial charge in [-0.15, -0.1) is 0 Å². The first-order chi connectivity index (χ1) is 16.3. The molecule has 1 saturated heterocycles. The zero-order chi connectivity index (χ0) is 24.5. The summed E-state index contributed by atoms with van der Waals surface area (Å²) in [5, 5.41) is 0. The van der Waals surface area contributed by atoms with Crippen LogP contribution >= 0.6 is 0 Å². The van der Waals surface area contributed by atoms with E-state index in [1.54, 1.807) is 0 Å². The summed E-state index contributed by atoms with van der Waals surface area (Å²) in [6, 6.07) is 18.4. The number of nitrogens with two attached hydrogens (primary N) is 1. The van der Waals surface area contributed by atoms with Gasteiger partial charge in [-0.25, -0.2) is 0 Å². The second-order valence-electron chi connectivity index (χ2n) is 10.0. The van der Waals surface area contributed by atoms with Gasteiger partial charge in [0.1, 0.15) is 12.4 Å². The highest BCUT2D eigenvalue weighted by molar-refractivity contribution is 5.81. The molecule has 0 aromatic heterocycles. The average molecular weight is 464 g/mol. The highest BCUT2D eigenvalue weighted by Gasteiger charge is 2.30. The SMILES string of the molecule is CC(C)=CCN(c1ccc(OCc2ccccc2)cc1)[C@H]1CCCN(C(=O)C(N)CC(C)C)C1. The fourth-order valence-electron chi connectivity index (χ4n) is 4.47. The normalized spacial score (nSPS) is 16.8. The van der Waals surface area contributed by atoms with Gasteiger partial charge in [0.15, 0.2) is 0 Å². The monoisotopic (exact) mass is 463 g/mol. The number of nitrogens with zero attached hydrogens (tertiary/aromatic N) is 2. The third kappa shape index (κ3) is 7.63. The number of carbonyl (C=O) groups excluding carboxylic acids is 1. The Morgan fingerprint density at radius 2 is 1.85 bits per heavy atom. The standard InChI is InChI=1S/C29H41N3O2/c1-22(2)16-18-32(26-11-8-17-31(20-26)29(33)28(30)19-23(3)4)25-12-14-27(15-13-25)34-21-24-9-6-5-7-10-24/h5-7,9-10,12-16,23,26,28H,8,11,17-21,30H2,1-4H3/t26-,28?/m0/s1. The van der Waals surface area contributed by atoms with Gasteiger partial charge in [-0.05, 0) is 68.9 Å². The first-order valence-corrected chi connectivity index (χ1v) is 12.5. The van der Waals surface area contributed by atoms with Crippen molar-refractivity contribution in [1.29, 1.82) is 0 Å². The maximum atomic E-state index is 13.0. The van der Waals surface area contributed by atoms with E-state index < -0.39 is 6.04 Å². The molecular formula is C29H41N3O2. The van der Waals surface area contributed by atoms with Gasteiger partial charge in [0.2, 0.25) is 5.91 Å². The first-order valence-electron chi connectivity index (χ1n) is 12.5. The van der Waals surface area contributed by atoms with E-state index in [9.17, 15) is 4.79 Å². The summed E-state index contributed by atoms with van der Waals surface area (Å²) in [5.74, 6) is 1.36. The van der Waals surface area contributed by atoms with Crippen molar-refractivity contribution in [2.24, 2.45) is 11.7 Å². The summed E-state index contributed by atoms with van der Waals surface area (Å²) < 4.78 is 5.98. The summed E-state index contributed by atoms with van der Waals surface area (Å²) in [7, 11) is 0. The lowest BCUT2D eigenvalue weighted by atomic mass is 9.99. The molecule has 5 heteroatoms. The Bertz CT molecular complexity index is 920. The van der Waals surface area contributed by atoms with Crippen LogP contribution in [0.3, 0.4) is 0 Å². The molecule has 2 aromatic rings. The number of hydrogen-bond donors (Lipinski definition) is 1. The average Bonchev–Trinajstić information content (AvgIpc) is 2.83. The second kappa shape index (κ2) is 12.6. The molecular weight excluding hydrogens is 422 g/mol. The number of rotatable bonds is 10. The molecule has 0 bridgehead atoms. The molecule has 3 rings (SSSR count). The Balaban J connectivity index is 1.70. The number of piperidine rings is 1. The Morgan fingerprint density at radius 3 is 2.50 bits per heavy atom. The number of ether oxygens (including phenoxy) is 1. The predicted octanol–water partition coefficient (Wildman–Crippen LogP) is 5.40. The fraction of sp³-hybridized carbons (Fsp3) is 0.483. The van der Waals surface area contributed by atoms with Crippen molar-refractivity contribution in [2.75, 3.05) is 24.5 Å². The molecule has 1 amide bonds. The third-order valence-electron chi connectivity index (χ3n) is 6.30. The molecule has 1 aliphatic heterocycles. The van der Waals surface area contributed by atoms with Crippen molar-refractivity contribution in [3.05, 3.63) is 71.8 Å². The molecule has 2 aromatic carbocycles. The van der Waals surface area contributed by atoms with Gasteiger partial charge >= 0.3 is 0 Å². The van der Waals surface area contributed by atoms with Gasteiger partial charge in [0.25, 0.3) is 0 Å². The highest BCUT2D eigenvalue weighted by Crippen LogP contribution is 2.26. The molecule has 34 heavy (non-hydrogen) atoms. The van der Waals surface area contributed by atoms with Crippen molar-refractivity contribution in [1.82, 2.24) is 4.90 Å². The second-order valence-corrected chi connectivity index (χ2v) is 10.0. The largest absolute Gasteiger partial charge is 0.489 e. The topological polar surface area (TPSA) is 58.8 Å². The van der Waals surface area contributed by atoms with E-state index in [-0.39, 0.29) is 11.9 Å². The maximum absolute atomic E-state index is 13.0. The van der Waals surface area contributed by atoms with Crippen molar-refractivity contribution in [3.63, 3.8) is 0 Å². The number of anilines is 1. The number of carbonyl (C=O) groups is 1. The van der Waals surface area contributed by atoms with Crippen LogP contribution in [0, 0.1) is 5.92 Å². The lowest BCUT2D eigenvalue weighted by Crippen LogP contribution is -2.54. The van der Waals surface area contributed by atoms with Gasteiger partial charge in [-0.3, -0.25) is 4.79 Å². The van der Waals surface area contributed by atoms with Crippen LogP contribution in [-0.4, -0.2) is 42.5 Å². The minimum atomic E-state index is -0.411. The summed E-state index contributed by atoms with van der Waals surface area (Å²) in [6.07, 6.45) is 5.04. The number of likely N-dealkylation sites (tertiary alicyclic amines) is 1. The van der Waals surface area contributed by atoms with Crippen LogP contribution in [0.2, 0.25) is 0 Å². The zero-order valence-electron chi connectivity index (χ0n) is 21.2. The zero-order valence-corrected chi connectivity index (χ0v) is 21.2. The van der Waals surface area contributed by atoms with Crippen LogP contribution in [0.15, 0.2) is 66.2 Å². The van der Waals surface area contributed by atoms with E-state index in [0.29, 0.717) is 19.1 Å². The summed E-state index contributed by atoms with van der Waals surface area (Å²) in [5.41, 5.74) is 9.83. The number of hydrogen-bond acceptors (Lipinski definition) is 4. The Morgan fingerprint density at radius 1 is 1.15 bits per heavy atom. The van der Waals surface area contributed by atoms with Crippen molar-refractivity contribution >= 4 is 11.6 Å². The Labute approximate surface area is 205 Å². The van der Waals surface area contributed by atoms with E-state index in [1.807, 2.05) is 35.2 Å². The van der Waals surface area contributed by atoms with Crippen LogP contribution in [0.25, 0.3) is 0 Å². The number of benzene rings is 2. The van der Waals surface area contributed by atoms with Crippen LogP contribution in [0.5, 0.6) is 5.75 Å². The molecule has 1 unspecified atom stereocenters. The number of allylic oxidation sites excluding steroid dienone is 1. The smallest absolute Gasteiger partial charge is 0.239 e. The van der Waals surface area contributed by atoms with E-state index in [2.05, 4.69) is 62.9 Å². The lowest BCUT2D eigenvalue weighted by molar-refractivity contribution is -0.134. The molecule has 184 valence electrons. The molecule has 5 nitrogen and oxygen atoms in total. The lowest BCUT2D eigenvalue weighted by Gasteiger charge is -2.41. The molecule has 0 aliphatic carbocycles.